The summed E-state index contributed by atoms with van der Waals surface area (Å²) in [4.78, 5) is 4.38. The second-order valence-corrected chi connectivity index (χ2v) is 5.47. The van der Waals surface area contributed by atoms with Crippen LogP contribution in [0, 0.1) is 0 Å². The van der Waals surface area contributed by atoms with Gasteiger partial charge in [0.15, 0.2) is 0 Å². The van der Waals surface area contributed by atoms with Gasteiger partial charge in [0.05, 0.1) is 15.0 Å². The molecule has 1 aliphatic rings. The first-order valence-electron chi connectivity index (χ1n) is 4.18. The highest BCUT2D eigenvalue weighted by Crippen LogP contribution is 2.30. The number of hydrogen-bond donors (Lipinski definition) is 1. The van der Waals surface area contributed by atoms with Gasteiger partial charge in [0.2, 0.25) is 0 Å². The van der Waals surface area contributed by atoms with Gasteiger partial charge in [-0.1, -0.05) is 0 Å². The van der Waals surface area contributed by atoms with Crippen LogP contribution < -0.4 is 5.32 Å². The Balaban J connectivity index is 2.08. The second-order valence-electron chi connectivity index (χ2n) is 3.03. The highest BCUT2D eigenvalue weighted by atomic mass is 79.9. The summed E-state index contributed by atoms with van der Waals surface area (Å²) in [6, 6.07) is 0. The fourth-order valence-corrected chi connectivity index (χ4v) is 2.94. The molecule has 66 valence electrons. The number of hydrogen-bond acceptors (Lipinski definition) is 3. The highest BCUT2D eigenvalue weighted by molar-refractivity contribution is 9.11. The summed E-state index contributed by atoms with van der Waals surface area (Å²) in [7, 11) is 0. The summed E-state index contributed by atoms with van der Waals surface area (Å²) < 4.78 is 1.15. The van der Waals surface area contributed by atoms with Crippen LogP contribution in [-0.2, 0) is 0 Å². The fraction of sp³-hybridized carbons (Fsp3) is 0.625. The van der Waals surface area contributed by atoms with Crippen LogP contribution in [0.15, 0.2) is 9.98 Å². The van der Waals surface area contributed by atoms with Crippen molar-refractivity contribution in [2.45, 2.75) is 18.8 Å². The third-order valence-corrected chi connectivity index (χ3v) is 3.82. The zero-order chi connectivity index (χ0) is 8.39. The molecule has 1 aromatic heterocycles. The van der Waals surface area contributed by atoms with Gasteiger partial charge in [-0.3, -0.25) is 0 Å². The molecule has 0 bridgehead atoms. The topological polar surface area (TPSA) is 24.9 Å². The summed E-state index contributed by atoms with van der Waals surface area (Å²) in [6.07, 6.45) is 4.38. The molecule has 1 aliphatic heterocycles. The summed E-state index contributed by atoms with van der Waals surface area (Å²) in [5.74, 6) is 0.697. The molecule has 0 amide bonds. The Morgan fingerprint density at radius 1 is 1.50 bits per heavy atom. The monoisotopic (exact) mass is 246 g/mol. The van der Waals surface area contributed by atoms with Crippen molar-refractivity contribution in [1.29, 1.82) is 0 Å². The van der Waals surface area contributed by atoms with E-state index >= 15 is 0 Å². The lowest BCUT2D eigenvalue weighted by Gasteiger charge is -2.20. The first-order valence-corrected chi connectivity index (χ1v) is 5.79. The minimum Gasteiger partial charge on any atom is -0.317 e. The number of piperidine rings is 1. The van der Waals surface area contributed by atoms with Crippen molar-refractivity contribution >= 4 is 27.3 Å². The third kappa shape index (κ3) is 1.87. The van der Waals surface area contributed by atoms with E-state index in [1.54, 1.807) is 11.3 Å². The summed E-state index contributed by atoms with van der Waals surface area (Å²) in [5.41, 5.74) is 0. The van der Waals surface area contributed by atoms with E-state index in [2.05, 4.69) is 26.2 Å². The van der Waals surface area contributed by atoms with Gasteiger partial charge in [0.1, 0.15) is 0 Å². The Bertz CT molecular complexity index is 255. The molecule has 4 heteroatoms. The normalized spacial score (nSPS) is 19.8. The first kappa shape index (κ1) is 8.66. The molecule has 0 atom stereocenters. The molecule has 1 fully saturated rings. The molecule has 0 spiro atoms. The van der Waals surface area contributed by atoms with Gasteiger partial charge in [-0.15, -0.1) is 11.3 Å². The second kappa shape index (κ2) is 3.85. The predicted octanol–water partition coefficient (Wildman–Crippen LogP) is 2.37. The van der Waals surface area contributed by atoms with Gasteiger partial charge in [-0.05, 0) is 41.9 Å². The molecule has 0 aromatic carbocycles. The fourth-order valence-electron chi connectivity index (χ4n) is 1.52. The van der Waals surface area contributed by atoms with Gasteiger partial charge in [0.25, 0.3) is 0 Å². The smallest absolute Gasteiger partial charge is 0.0968 e. The maximum Gasteiger partial charge on any atom is 0.0968 e. The molecule has 2 heterocycles. The zero-order valence-electron chi connectivity index (χ0n) is 6.72. The standard InChI is InChI=1S/C8H11BrN2S/c9-7-5-11-8(12-7)6-1-3-10-4-2-6/h5-6,10H,1-4H2. The summed E-state index contributed by atoms with van der Waals surface area (Å²) in [6.45, 7) is 2.28. The van der Waals surface area contributed by atoms with Crippen LogP contribution in [0.3, 0.4) is 0 Å². The van der Waals surface area contributed by atoms with Crippen molar-refractivity contribution in [3.63, 3.8) is 0 Å². The molecular weight excluding hydrogens is 236 g/mol. The number of nitrogens with zero attached hydrogens (tertiary/aromatic N) is 1. The minimum atomic E-state index is 0.697. The molecule has 1 aromatic rings. The number of nitrogens with one attached hydrogen (secondary N) is 1. The summed E-state index contributed by atoms with van der Waals surface area (Å²) >= 11 is 5.21. The lowest BCUT2D eigenvalue weighted by Crippen LogP contribution is -2.26. The van der Waals surface area contributed by atoms with Crippen LogP contribution in [0.1, 0.15) is 23.8 Å². The number of halogens is 1. The van der Waals surface area contributed by atoms with Crippen molar-refractivity contribution in [2.75, 3.05) is 13.1 Å². The lowest BCUT2D eigenvalue weighted by atomic mass is 9.99. The van der Waals surface area contributed by atoms with Crippen LogP contribution in [-0.4, -0.2) is 18.1 Å². The molecule has 2 rings (SSSR count). The van der Waals surface area contributed by atoms with E-state index in [0.29, 0.717) is 5.92 Å². The van der Waals surface area contributed by atoms with Crippen molar-refractivity contribution in [2.24, 2.45) is 0 Å². The highest BCUT2D eigenvalue weighted by Gasteiger charge is 2.17. The maximum absolute atomic E-state index is 4.38. The Morgan fingerprint density at radius 3 is 2.83 bits per heavy atom. The molecule has 0 unspecified atom stereocenters. The largest absolute Gasteiger partial charge is 0.317 e. The van der Waals surface area contributed by atoms with E-state index in [9.17, 15) is 0 Å². The van der Waals surface area contributed by atoms with Crippen LogP contribution in [0.5, 0.6) is 0 Å². The van der Waals surface area contributed by atoms with Gasteiger partial charge in [0, 0.05) is 5.92 Å². The van der Waals surface area contributed by atoms with Crippen molar-refractivity contribution < 1.29 is 0 Å². The quantitative estimate of drug-likeness (QED) is 0.824. The zero-order valence-corrected chi connectivity index (χ0v) is 9.12. The van der Waals surface area contributed by atoms with E-state index in [0.717, 1.165) is 16.9 Å². The van der Waals surface area contributed by atoms with E-state index in [4.69, 9.17) is 0 Å². The van der Waals surface area contributed by atoms with Crippen LogP contribution >= 0.6 is 27.3 Å². The number of rotatable bonds is 1. The van der Waals surface area contributed by atoms with E-state index in [1.165, 1.54) is 17.8 Å². The summed E-state index contributed by atoms with van der Waals surface area (Å²) in [5, 5.41) is 4.65. The molecule has 12 heavy (non-hydrogen) atoms. The Kier molecular flexibility index (Phi) is 2.78. The Labute approximate surface area is 84.5 Å². The lowest BCUT2D eigenvalue weighted by molar-refractivity contribution is 0.459. The predicted molar refractivity (Wildman–Crippen MR) is 54.7 cm³/mol. The van der Waals surface area contributed by atoms with Crippen LogP contribution in [0.2, 0.25) is 0 Å². The van der Waals surface area contributed by atoms with Crippen molar-refractivity contribution in [1.82, 2.24) is 10.3 Å². The van der Waals surface area contributed by atoms with Gasteiger partial charge in [-0.2, -0.15) is 0 Å². The minimum absolute atomic E-state index is 0.697. The first-order chi connectivity index (χ1) is 5.86. The molecular formula is C8H11BrN2S. The molecule has 1 N–H and O–H groups in total. The molecule has 0 saturated carbocycles. The van der Waals surface area contributed by atoms with Crippen LogP contribution in [0.25, 0.3) is 0 Å². The van der Waals surface area contributed by atoms with E-state index in [1.807, 2.05) is 6.20 Å². The van der Waals surface area contributed by atoms with E-state index < -0.39 is 0 Å². The number of aromatic nitrogens is 1. The Hall–Kier alpha value is 0.0700. The molecule has 1 saturated heterocycles. The Morgan fingerprint density at radius 2 is 2.25 bits per heavy atom. The van der Waals surface area contributed by atoms with Gasteiger partial charge >= 0.3 is 0 Å². The molecule has 0 radical (unpaired) electrons. The average molecular weight is 247 g/mol. The van der Waals surface area contributed by atoms with Gasteiger partial charge in [-0.25, -0.2) is 4.98 Å². The molecule has 0 aliphatic carbocycles. The van der Waals surface area contributed by atoms with E-state index in [-0.39, 0.29) is 0 Å². The molecule has 2 nitrogen and oxygen atoms in total. The van der Waals surface area contributed by atoms with Crippen molar-refractivity contribution in [3.05, 3.63) is 15.0 Å². The third-order valence-electron chi connectivity index (χ3n) is 2.18. The number of thiazole rings is 1. The van der Waals surface area contributed by atoms with Gasteiger partial charge < -0.3 is 5.32 Å². The average Bonchev–Trinajstić information content (AvgIpc) is 2.54. The van der Waals surface area contributed by atoms with Crippen LogP contribution in [0.4, 0.5) is 0 Å². The SMILES string of the molecule is Brc1cnc(C2CCNCC2)s1. The van der Waals surface area contributed by atoms with Crippen molar-refractivity contribution in [3.8, 4) is 0 Å². The maximum atomic E-state index is 4.38.